The molecule has 0 saturated carbocycles. The number of hydrogen-bond acceptors (Lipinski definition) is 2. The molecule has 0 aliphatic heterocycles. The van der Waals surface area contributed by atoms with Crippen LogP contribution in [0.25, 0.3) is 6.08 Å². The highest BCUT2D eigenvalue weighted by Gasteiger charge is 2.01. The number of aryl methyl sites for hydroxylation is 1. The standard InChI is InChI=1S/C10H15N3O/c1-8-9(7-11-13(8)4)5-6-10(14)12(2)3/h5-7H,1-4H3. The van der Waals surface area contributed by atoms with Crippen LogP contribution in [0.5, 0.6) is 0 Å². The van der Waals surface area contributed by atoms with Crippen molar-refractivity contribution >= 4 is 12.0 Å². The van der Waals surface area contributed by atoms with E-state index in [9.17, 15) is 4.79 Å². The van der Waals surface area contributed by atoms with E-state index in [0.717, 1.165) is 11.3 Å². The molecule has 0 unspecified atom stereocenters. The van der Waals surface area contributed by atoms with Gasteiger partial charge in [0.2, 0.25) is 5.91 Å². The Labute approximate surface area is 83.8 Å². The van der Waals surface area contributed by atoms with Crippen molar-refractivity contribution in [1.82, 2.24) is 14.7 Å². The predicted molar refractivity (Wildman–Crippen MR) is 55.7 cm³/mol. The molecule has 0 N–H and O–H groups in total. The number of carbonyl (C=O) groups is 1. The van der Waals surface area contributed by atoms with Crippen LogP contribution in [0, 0.1) is 6.92 Å². The summed E-state index contributed by atoms with van der Waals surface area (Å²) in [5.41, 5.74) is 2.02. The topological polar surface area (TPSA) is 38.1 Å². The van der Waals surface area contributed by atoms with Crippen molar-refractivity contribution in [3.63, 3.8) is 0 Å². The second-order valence-electron chi connectivity index (χ2n) is 3.37. The molecule has 1 aromatic rings. The molecular weight excluding hydrogens is 178 g/mol. The summed E-state index contributed by atoms with van der Waals surface area (Å²) in [6.45, 7) is 1.97. The number of rotatable bonds is 2. The zero-order valence-corrected chi connectivity index (χ0v) is 8.98. The second-order valence-corrected chi connectivity index (χ2v) is 3.37. The van der Waals surface area contributed by atoms with Crippen LogP contribution in [0.1, 0.15) is 11.3 Å². The number of hydrogen-bond donors (Lipinski definition) is 0. The Balaban J connectivity index is 2.79. The van der Waals surface area contributed by atoms with Gasteiger partial charge in [0.15, 0.2) is 0 Å². The summed E-state index contributed by atoms with van der Waals surface area (Å²) < 4.78 is 1.78. The summed E-state index contributed by atoms with van der Waals surface area (Å²) in [5.74, 6) is -0.0201. The van der Waals surface area contributed by atoms with E-state index in [1.165, 1.54) is 4.90 Å². The van der Waals surface area contributed by atoms with E-state index in [-0.39, 0.29) is 5.91 Å². The molecule has 1 rings (SSSR count). The van der Waals surface area contributed by atoms with Gasteiger partial charge in [-0.15, -0.1) is 0 Å². The van der Waals surface area contributed by atoms with Crippen molar-refractivity contribution in [2.75, 3.05) is 14.1 Å². The van der Waals surface area contributed by atoms with E-state index in [1.54, 1.807) is 37.1 Å². The van der Waals surface area contributed by atoms with E-state index in [4.69, 9.17) is 0 Å². The summed E-state index contributed by atoms with van der Waals surface area (Å²) in [5, 5.41) is 4.08. The number of nitrogens with zero attached hydrogens (tertiary/aromatic N) is 3. The van der Waals surface area contributed by atoms with E-state index in [0.29, 0.717) is 0 Å². The van der Waals surface area contributed by atoms with Gasteiger partial charge in [-0.3, -0.25) is 9.48 Å². The first-order valence-corrected chi connectivity index (χ1v) is 4.40. The van der Waals surface area contributed by atoms with Gasteiger partial charge in [-0.05, 0) is 13.0 Å². The third-order valence-corrected chi connectivity index (χ3v) is 2.12. The molecule has 0 fully saturated rings. The summed E-state index contributed by atoms with van der Waals surface area (Å²) in [6, 6.07) is 0. The lowest BCUT2D eigenvalue weighted by atomic mass is 10.2. The fraction of sp³-hybridized carbons (Fsp3) is 0.400. The van der Waals surface area contributed by atoms with Crippen LogP contribution >= 0.6 is 0 Å². The summed E-state index contributed by atoms with van der Waals surface area (Å²) in [4.78, 5) is 12.8. The monoisotopic (exact) mass is 193 g/mol. The molecule has 1 amide bonds. The van der Waals surface area contributed by atoms with Crippen LogP contribution in [-0.2, 0) is 11.8 Å². The van der Waals surface area contributed by atoms with Gasteiger partial charge in [0, 0.05) is 38.5 Å². The Morgan fingerprint density at radius 3 is 2.64 bits per heavy atom. The first-order valence-electron chi connectivity index (χ1n) is 4.40. The van der Waals surface area contributed by atoms with E-state index in [1.807, 2.05) is 14.0 Å². The molecule has 1 aromatic heterocycles. The Morgan fingerprint density at radius 1 is 1.57 bits per heavy atom. The lowest BCUT2D eigenvalue weighted by Crippen LogP contribution is -2.18. The predicted octanol–water partition coefficient (Wildman–Crippen LogP) is 0.830. The Morgan fingerprint density at radius 2 is 2.21 bits per heavy atom. The maximum Gasteiger partial charge on any atom is 0.246 e. The van der Waals surface area contributed by atoms with Crippen molar-refractivity contribution < 1.29 is 4.79 Å². The van der Waals surface area contributed by atoms with Crippen molar-refractivity contribution in [3.8, 4) is 0 Å². The summed E-state index contributed by atoms with van der Waals surface area (Å²) in [7, 11) is 5.33. The Bertz CT molecular complexity index is 363. The normalized spacial score (nSPS) is 10.9. The first kappa shape index (κ1) is 10.5. The molecule has 0 saturated heterocycles. The lowest BCUT2D eigenvalue weighted by Gasteiger charge is -2.04. The highest BCUT2D eigenvalue weighted by molar-refractivity contribution is 5.91. The van der Waals surface area contributed by atoms with Crippen molar-refractivity contribution in [2.45, 2.75) is 6.92 Å². The average molecular weight is 193 g/mol. The molecule has 76 valence electrons. The third-order valence-electron chi connectivity index (χ3n) is 2.12. The molecule has 0 spiro atoms. The van der Waals surface area contributed by atoms with Gasteiger partial charge in [0.25, 0.3) is 0 Å². The highest BCUT2D eigenvalue weighted by Crippen LogP contribution is 2.07. The van der Waals surface area contributed by atoms with Crippen molar-refractivity contribution in [3.05, 3.63) is 23.5 Å². The molecule has 0 radical (unpaired) electrons. The Kier molecular flexibility index (Phi) is 3.06. The van der Waals surface area contributed by atoms with Gasteiger partial charge in [0.05, 0.1) is 6.20 Å². The smallest absolute Gasteiger partial charge is 0.246 e. The highest BCUT2D eigenvalue weighted by atomic mass is 16.2. The quantitative estimate of drug-likeness (QED) is 0.652. The van der Waals surface area contributed by atoms with Crippen LogP contribution in [0.15, 0.2) is 12.3 Å². The lowest BCUT2D eigenvalue weighted by molar-refractivity contribution is -0.123. The van der Waals surface area contributed by atoms with E-state index < -0.39 is 0 Å². The minimum atomic E-state index is -0.0201. The van der Waals surface area contributed by atoms with Gasteiger partial charge in [0.1, 0.15) is 0 Å². The van der Waals surface area contributed by atoms with Crippen molar-refractivity contribution in [2.24, 2.45) is 7.05 Å². The minimum absolute atomic E-state index is 0.0201. The number of likely N-dealkylation sites (N-methyl/N-ethyl adjacent to an activating group) is 1. The van der Waals surface area contributed by atoms with Crippen LogP contribution in [0.2, 0.25) is 0 Å². The SMILES string of the molecule is Cc1c(C=CC(=O)N(C)C)cnn1C. The molecular formula is C10H15N3O. The minimum Gasteiger partial charge on any atom is -0.345 e. The maximum atomic E-state index is 11.2. The van der Waals surface area contributed by atoms with Gasteiger partial charge < -0.3 is 4.90 Å². The third kappa shape index (κ3) is 2.22. The molecule has 14 heavy (non-hydrogen) atoms. The molecule has 0 aliphatic rings. The summed E-state index contributed by atoms with van der Waals surface area (Å²) in [6.07, 6.45) is 5.07. The van der Waals surface area contributed by atoms with Crippen LogP contribution < -0.4 is 0 Å². The zero-order valence-electron chi connectivity index (χ0n) is 8.98. The fourth-order valence-corrected chi connectivity index (χ4v) is 0.989. The largest absolute Gasteiger partial charge is 0.345 e. The van der Waals surface area contributed by atoms with Gasteiger partial charge >= 0.3 is 0 Å². The number of aromatic nitrogens is 2. The fourth-order valence-electron chi connectivity index (χ4n) is 0.989. The molecule has 0 atom stereocenters. The molecule has 4 nitrogen and oxygen atoms in total. The number of carbonyl (C=O) groups excluding carboxylic acids is 1. The number of amides is 1. The average Bonchev–Trinajstić information content (AvgIpc) is 2.44. The molecule has 0 aromatic carbocycles. The van der Waals surface area contributed by atoms with Crippen molar-refractivity contribution in [1.29, 1.82) is 0 Å². The van der Waals surface area contributed by atoms with E-state index >= 15 is 0 Å². The van der Waals surface area contributed by atoms with Crippen LogP contribution in [0.3, 0.4) is 0 Å². The maximum absolute atomic E-state index is 11.2. The first-order chi connectivity index (χ1) is 6.52. The van der Waals surface area contributed by atoms with Gasteiger partial charge in [-0.25, -0.2) is 0 Å². The molecule has 0 bridgehead atoms. The zero-order chi connectivity index (χ0) is 10.7. The molecule has 0 aliphatic carbocycles. The van der Waals surface area contributed by atoms with E-state index in [2.05, 4.69) is 5.10 Å². The van der Waals surface area contributed by atoms with Crippen LogP contribution in [-0.4, -0.2) is 34.7 Å². The van der Waals surface area contributed by atoms with Gasteiger partial charge in [-0.2, -0.15) is 5.10 Å². The summed E-state index contributed by atoms with van der Waals surface area (Å²) >= 11 is 0. The van der Waals surface area contributed by atoms with Gasteiger partial charge in [-0.1, -0.05) is 0 Å². The molecule has 1 heterocycles. The molecule has 4 heteroatoms. The van der Waals surface area contributed by atoms with Crippen LogP contribution in [0.4, 0.5) is 0 Å². The Hall–Kier alpha value is -1.58. The second kappa shape index (κ2) is 4.09.